The molecule has 0 spiro atoms. The topological polar surface area (TPSA) is 64.6 Å². The van der Waals surface area contributed by atoms with Crippen molar-refractivity contribution in [2.45, 2.75) is 54.9 Å². The molecule has 134 valence electrons. The van der Waals surface area contributed by atoms with Crippen LogP contribution in [-0.2, 0) is 14.3 Å². The first-order valence-corrected chi connectivity index (χ1v) is 8.10. The van der Waals surface area contributed by atoms with E-state index in [1.165, 1.54) is 0 Å². The van der Waals surface area contributed by atoms with E-state index in [0.29, 0.717) is 18.1 Å². The summed E-state index contributed by atoms with van der Waals surface area (Å²) in [7, 11) is 0. The fourth-order valence-electron chi connectivity index (χ4n) is 2.22. The van der Waals surface area contributed by atoms with Gasteiger partial charge in [-0.2, -0.15) is 0 Å². The number of rotatable bonds is 9. The second-order valence-corrected chi connectivity index (χ2v) is 7.90. The Hall–Kier alpha value is -1.52. The summed E-state index contributed by atoms with van der Waals surface area (Å²) in [5.41, 5.74) is 0.416. The zero-order chi connectivity index (χ0) is 18.3. The van der Waals surface area contributed by atoms with E-state index >= 15 is 0 Å². The average molecular weight is 327 g/mol. The minimum atomic E-state index is -0.494. The maximum absolute atomic E-state index is 11.7. The van der Waals surface area contributed by atoms with Gasteiger partial charge >= 0.3 is 12.1 Å². The molecule has 0 aromatic heterocycles. The normalized spacial score (nSPS) is 12.0. The minimum absolute atomic E-state index is 0.0997. The summed E-state index contributed by atoms with van der Waals surface area (Å²) in [4.78, 5) is 22.8. The molecule has 0 atom stereocenters. The first kappa shape index (κ1) is 21.5. The summed E-state index contributed by atoms with van der Waals surface area (Å²) in [6, 6.07) is 0. The van der Waals surface area contributed by atoms with Crippen LogP contribution in [0.4, 0.5) is 4.79 Å². The molecule has 0 aromatic rings. The van der Waals surface area contributed by atoms with E-state index in [-0.39, 0.29) is 24.0 Å². The molecular weight excluding hydrogens is 294 g/mol. The summed E-state index contributed by atoms with van der Waals surface area (Å²) in [6.45, 7) is 18.8. The number of esters is 1. The van der Waals surface area contributed by atoms with Crippen molar-refractivity contribution in [2.75, 3.05) is 19.8 Å². The highest BCUT2D eigenvalue weighted by atomic mass is 16.6. The Morgan fingerprint density at radius 1 is 1.13 bits per heavy atom. The van der Waals surface area contributed by atoms with Crippen LogP contribution in [0, 0.1) is 16.7 Å². The Morgan fingerprint density at radius 2 is 1.70 bits per heavy atom. The lowest BCUT2D eigenvalue weighted by Crippen LogP contribution is -2.34. The Labute approximate surface area is 140 Å². The van der Waals surface area contributed by atoms with Gasteiger partial charge in [0.1, 0.15) is 6.61 Å². The van der Waals surface area contributed by atoms with Crippen LogP contribution < -0.4 is 5.32 Å². The summed E-state index contributed by atoms with van der Waals surface area (Å²) in [5.74, 6) is 0.0934. The van der Waals surface area contributed by atoms with E-state index in [9.17, 15) is 9.59 Å². The van der Waals surface area contributed by atoms with Crippen molar-refractivity contribution in [2.24, 2.45) is 16.7 Å². The maximum atomic E-state index is 11.7. The summed E-state index contributed by atoms with van der Waals surface area (Å²) in [5, 5.41) is 2.57. The van der Waals surface area contributed by atoms with Crippen molar-refractivity contribution in [3.63, 3.8) is 0 Å². The van der Waals surface area contributed by atoms with Crippen LogP contribution in [0.15, 0.2) is 12.2 Å². The number of amides is 1. The van der Waals surface area contributed by atoms with Gasteiger partial charge in [-0.25, -0.2) is 9.59 Å². The van der Waals surface area contributed by atoms with E-state index in [4.69, 9.17) is 9.47 Å². The van der Waals surface area contributed by atoms with Crippen LogP contribution in [0.5, 0.6) is 0 Å². The number of hydrogen-bond donors (Lipinski definition) is 1. The van der Waals surface area contributed by atoms with Gasteiger partial charge in [0, 0.05) is 5.57 Å². The van der Waals surface area contributed by atoms with Gasteiger partial charge in [0.2, 0.25) is 0 Å². The molecule has 0 saturated carbocycles. The molecule has 0 heterocycles. The third-order valence-electron chi connectivity index (χ3n) is 4.04. The van der Waals surface area contributed by atoms with Gasteiger partial charge in [-0.15, -0.1) is 0 Å². The van der Waals surface area contributed by atoms with Crippen molar-refractivity contribution < 1.29 is 19.1 Å². The highest BCUT2D eigenvalue weighted by Crippen LogP contribution is 2.39. The first-order valence-electron chi connectivity index (χ1n) is 8.10. The summed E-state index contributed by atoms with van der Waals surface area (Å²) >= 11 is 0. The molecule has 0 bridgehead atoms. The molecule has 1 N–H and O–H groups in total. The third-order valence-corrected chi connectivity index (χ3v) is 4.04. The van der Waals surface area contributed by atoms with Gasteiger partial charge in [0.15, 0.2) is 0 Å². The van der Waals surface area contributed by atoms with Gasteiger partial charge in [0.05, 0.1) is 13.2 Å². The number of carbonyl (C=O) groups is 2. The van der Waals surface area contributed by atoms with E-state index < -0.39 is 12.1 Å². The fourth-order valence-corrected chi connectivity index (χ4v) is 2.22. The number of carbonyl (C=O) groups excluding carboxylic acids is 2. The predicted octanol–water partition coefficient (Wildman–Crippen LogP) is 3.93. The molecule has 0 aliphatic carbocycles. The van der Waals surface area contributed by atoms with Gasteiger partial charge in [-0.1, -0.05) is 48.1 Å². The fraction of sp³-hybridized carbons (Fsp3) is 0.778. The van der Waals surface area contributed by atoms with Gasteiger partial charge < -0.3 is 14.8 Å². The average Bonchev–Trinajstić information content (AvgIpc) is 2.39. The smallest absolute Gasteiger partial charge is 0.407 e. The van der Waals surface area contributed by atoms with E-state index in [0.717, 1.165) is 6.42 Å². The van der Waals surface area contributed by atoms with E-state index in [1.54, 1.807) is 6.92 Å². The second kappa shape index (κ2) is 8.94. The molecule has 0 unspecified atom stereocenters. The number of alkyl carbamates (subject to hydrolysis) is 1. The molecule has 23 heavy (non-hydrogen) atoms. The van der Waals surface area contributed by atoms with Crippen molar-refractivity contribution in [3.8, 4) is 0 Å². The van der Waals surface area contributed by atoms with Crippen molar-refractivity contribution in [1.29, 1.82) is 0 Å². The lowest BCUT2D eigenvalue weighted by molar-refractivity contribution is -0.138. The number of ether oxygens (including phenoxy) is 2. The number of nitrogens with one attached hydrogen (secondary N) is 1. The molecular formula is C18H33NO4. The lowest BCUT2D eigenvalue weighted by atomic mass is 9.70. The molecule has 0 aromatic carbocycles. The molecule has 0 rings (SSSR count). The van der Waals surface area contributed by atoms with Crippen molar-refractivity contribution in [1.82, 2.24) is 5.32 Å². The van der Waals surface area contributed by atoms with Crippen molar-refractivity contribution in [3.05, 3.63) is 12.2 Å². The molecule has 5 heteroatoms. The molecule has 0 radical (unpaired) electrons. The van der Waals surface area contributed by atoms with Crippen LogP contribution in [0.25, 0.3) is 0 Å². The predicted molar refractivity (Wildman–Crippen MR) is 92.1 cm³/mol. The maximum Gasteiger partial charge on any atom is 0.407 e. The summed E-state index contributed by atoms with van der Waals surface area (Å²) < 4.78 is 10.2. The molecule has 0 saturated heterocycles. The molecule has 5 nitrogen and oxygen atoms in total. The monoisotopic (exact) mass is 327 g/mol. The largest absolute Gasteiger partial charge is 0.460 e. The third kappa shape index (κ3) is 9.26. The molecule has 0 fully saturated rings. The minimum Gasteiger partial charge on any atom is -0.460 e. The Morgan fingerprint density at radius 3 is 2.17 bits per heavy atom. The van der Waals surface area contributed by atoms with E-state index in [1.807, 2.05) is 0 Å². The van der Waals surface area contributed by atoms with Crippen LogP contribution in [-0.4, -0.2) is 31.8 Å². The van der Waals surface area contributed by atoms with E-state index in [2.05, 4.69) is 53.4 Å². The van der Waals surface area contributed by atoms with Gasteiger partial charge in [-0.3, -0.25) is 0 Å². The van der Waals surface area contributed by atoms with Crippen molar-refractivity contribution >= 4 is 12.1 Å². The highest BCUT2D eigenvalue weighted by Gasteiger charge is 2.32. The lowest BCUT2D eigenvalue weighted by Gasteiger charge is -2.37. The van der Waals surface area contributed by atoms with Gasteiger partial charge in [-0.05, 0) is 30.1 Å². The first-order chi connectivity index (χ1) is 10.4. The van der Waals surface area contributed by atoms with Crippen LogP contribution in [0.3, 0.4) is 0 Å². The zero-order valence-electron chi connectivity index (χ0n) is 15.7. The second-order valence-electron chi connectivity index (χ2n) is 7.90. The SMILES string of the molecule is C=C(C)C(=O)OCCNC(=O)OCC(C)(C)CC(C)(C)C(C)C. The van der Waals surface area contributed by atoms with Gasteiger partial charge in [0.25, 0.3) is 0 Å². The summed E-state index contributed by atoms with van der Waals surface area (Å²) in [6.07, 6.45) is 0.466. The Kier molecular flexibility index (Phi) is 8.35. The molecule has 1 amide bonds. The Balaban J connectivity index is 4.08. The quantitative estimate of drug-likeness (QED) is 0.396. The Bertz CT molecular complexity index is 425. The van der Waals surface area contributed by atoms with Crippen LogP contribution in [0.1, 0.15) is 54.9 Å². The highest BCUT2D eigenvalue weighted by molar-refractivity contribution is 5.86. The molecule has 0 aliphatic heterocycles. The number of hydrogen-bond acceptors (Lipinski definition) is 4. The van der Waals surface area contributed by atoms with Crippen LogP contribution >= 0.6 is 0 Å². The van der Waals surface area contributed by atoms with Crippen LogP contribution in [0.2, 0.25) is 0 Å². The molecule has 0 aliphatic rings. The zero-order valence-corrected chi connectivity index (χ0v) is 15.7. The standard InChI is InChI=1S/C18H33NO4/c1-13(2)15(20)22-10-9-19-16(21)23-12-17(5,6)11-18(7,8)14(3)4/h14H,1,9-12H2,2-8H3,(H,19,21).